The fourth-order valence-electron chi connectivity index (χ4n) is 2.70. The van der Waals surface area contributed by atoms with Crippen LogP contribution < -0.4 is 10.1 Å². The smallest absolute Gasteiger partial charge is 0.262 e. The van der Waals surface area contributed by atoms with Crippen molar-refractivity contribution in [2.24, 2.45) is 0 Å². The molecule has 2 aromatic carbocycles. The van der Waals surface area contributed by atoms with Crippen molar-refractivity contribution in [3.63, 3.8) is 0 Å². The van der Waals surface area contributed by atoms with E-state index in [-0.39, 0.29) is 23.3 Å². The summed E-state index contributed by atoms with van der Waals surface area (Å²) in [6.45, 7) is 7.52. The van der Waals surface area contributed by atoms with Crippen molar-refractivity contribution in [1.29, 1.82) is 0 Å². The van der Waals surface area contributed by atoms with Crippen LogP contribution in [0.3, 0.4) is 0 Å². The normalized spacial score (nSPS) is 11.8. The summed E-state index contributed by atoms with van der Waals surface area (Å²) >= 11 is 6.27. The van der Waals surface area contributed by atoms with Crippen LogP contribution in [0.2, 0.25) is 5.02 Å². The fraction of sp³-hybridized carbons (Fsp3) is 0.381. The van der Waals surface area contributed by atoms with Crippen LogP contribution in [0.1, 0.15) is 36.5 Å². The average molecular weight is 439 g/mol. The van der Waals surface area contributed by atoms with Crippen molar-refractivity contribution in [1.82, 2.24) is 4.31 Å². The molecule has 0 saturated heterocycles. The van der Waals surface area contributed by atoms with Crippen LogP contribution in [-0.4, -0.2) is 39.3 Å². The SMILES string of the molecule is Cc1ccc(S(=O)(=O)N(C)C)cc1NC(=O)COc1cc(C(C)C)c(Cl)cc1C. The molecule has 0 spiro atoms. The Hall–Kier alpha value is -2.09. The van der Waals surface area contributed by atoms with Gasteiger partial charge in [0.2, 0.25) is 10.0 Å². The highest BCUT2D eigenvalue weighted by Gasteiger charge is 2.19. The largest absolute Gasteiger partial charge is 0.483 e. The number of sulfonamides is 1. The highest BCUT2D eigenvalue weighted by molar-refractivity contribution is 7.89. The molecule has 8 heteroatoms. The molecule has 0 fully saturated rings. The van der Waals surface area contributed by atoms with Gasteiger partial charge in [0.05, 0.1) is 4.90 Å². The molecule has 1 amide bonds. The van der Waals surface area contributed by atoms with Crippen molar-refractivity contribution in [2.45, 2.75) is 38.5 Å². The molecular formula is C21H27ClN2O4S. The summed E-state index contributed by atoms with van der Waals surface area (Å²) in [5.74, 6) is 0.435. The second-order valence-electron chi connectivity index (χ2n) is 7.39. The Balaban J connectivity index is 2.16. The first-order chi connectivity index (χ1) is 13.4. The van der Waals surface area contributed by atoms with Gasteiger partial charge >= 0.3 is 0 Å². The van der Waals surface area contributed by atoms with Crippen LogP contribution in [0.15, 0.2) is 35.2 Å². The first-order valence-electron chi connectivity index (χ1n) is 9.19. The topological polar surface area (TPSA) is 75.7 Å². The van der Waals surface area contributed by atoms with E-state index in [0.29, 0.717) is 16.5 Å². The summed E-state index contributed by atoms with van der Waals surface area (Å²) in [6.07, 6.45) is 0. The van der Waals surface area contributed by atoms with Crippen molar-refractivity contribution >= 4 is 33.2 Å². The maximum Gasteiger partial charge on any atom is 0.262 e. The summed E-state index contributed by atoms with van der Waals surface area (Å²) < 4.78 is 31.5. The Labute approximate surface area is 177 Å². The standard InChI is InChI=1S/C21H27ClN2O4S/c1-13(2)17-11-20(15(4)9-18(17)22)28-12-21(25)23-19-10-16(8-7-14(19)3)29(26,27)24(5)6/h7-11,13H,12H2,1-6H3,(H,23,25). The molecule has 0 radical (unpaired) electrons. The lowest BCUT2D eigenvalue weighted by Crippen LogP contribution is -2.23. The molecule has 158 valence electrons. The maximum atomic E-state index is 12.4. The third-order valence-corrected chi connectivity index (χ3v) is 6.68. The molecule has 6 nitrogen and oxygen atoms in total. The second-order valence-corrected chi connectivity index (χ2v) is 9.95. The molecule has 0 unspecified atom stereocenters. The summed E-state index contributed by atoms with van der Waals surface area (Å²) in [5, 5.41) is 3.40. The number of halogens is 1. The number of carbonyl (C=O) groups is 1. The van der Waals surface area contributed by atoms with Gasteiger partial charge in [-0.15, -0.1) is 0 Å². The van der Waals surface area contributed by atoms with Crippen LogP contribution in [0.25, 0.3) is 0 Å². The Morgan fingerprint density at radius 1 is 1.14 bits per heavy atom. The third kappa shape index (κ3) is 5.50. The number of rotatable bonds is 7. The van der Waals surface area contributed by atoms with Crippen LogP contribution in [0.4, 0.5) is 5.69 Å². The molecule has 0 aliphatic carbocycles. The molecule has 0 aliphatic rings. The van der Waals surface area contributed by atoms with E-state index in [9.17, 15) is 13.2 Å². The third-order valence-electron chi connectivity index (χ3n) is 4.54. The Morgan fingerprint density at radius 2 is 1.79 bits per heavy atom. The van der Waals surface area contributed by atoms with Gasteiger partial charge in [-0.3, -0.25) is 4.79 Å². The van der Waals surface area contributed by atoms with E-state index in [1.165, 1.54) is 26.2 Å². The summed E-state index contributed by atoms with van der Waals surface area (Å²) in [6, 6.07) is 8.30. The maximum absolute atomic E-state index is 12.4. The molecule has 0 atom stereocenters. The first kappa shape index (κ1) is 23.2. The number of ether oxygens (including phenoxy) is 1. The number of benzene rings is 2. The van der Waals surface area contributed by atoms with Gasteiger partial charge in [-0.2, -0.15) is 0 Å². The van der Waals surface area contributed by atoms with Gasteiger partial charge < -0.3 is 10.1 Å². The number of anilines is 1. The van der Waals surface area contributed by atoms with Gasteiger partial charge in [0.15, 0.2) is 6.61 Å². The van der Waals surface area contributed by atoms with Crippen molar-refractivity contribution in [3.05, 3.63) is 52.0 Å². The van der Waals surface area contributed by atoms with Gasteiger partial charge in [-0.05, 0) is 60.7 Å². The van der Waals surface area contributed by atoms with Crippen LogP contribution >= 0.6 is 11.6 Å². The number of carbonyl (C=O) groups excluding carboxylic acids is 1. The number of hydrogen-bond acceptors (Lipinski definition) is 4. The van der Waals surface area contributed by atoms with Gasteiger partial charge in [-0.1, -0.05) is 31.5 Å². The Kier molecular flexibility index (Phi) is 7.32. The number of aryl methyl sites for hydroxylation is 2. The van der Waals surface area contributed by atoms with E-state index < -0.39 is 10.0 Å². The highest BCUT2D eigenvalue weighted by Crippen LogP contribution is 2.31. The molecule has 0 aromatic heterocycles. The molecular weight excluding hydrogens is 412 g/mol. The lowest BCUT2D eigenvalue weighted by Gasteiger charge is -2.16. The molecule has 29 heavy (non-hydrogen) atoms. The minimum atomic E-state index is -3.59. The number of nitrogens with zero attached hydrogens (tertiary/aromatic N) is 1. The van der Waals surface area contributed by atoms with Gasteiger partial charge in [0.25, 0.3) is 5.91 Å². The zero-order chi connectivity index (χ0) is 21.9. The fourth-order valence-corrected chi connectivity index (χ4v) is 4.07. The van der Waals surface area contributed by atoms with E-state index in [2.05, 4.69) is 5.32 Å². The summed E-state index contributed by atoms with van der Waals surface area (Å²) in [4.78, 5) is 12.5. The highest BCUT2D eigenvalue weighted by atomic mass is 35.5. The van der Waals surface area contributed by atoms with Crippen LogP contribution in [-0.2, 0) is 14.8 Å². The second kappa shape index (κ2) is 9.15. The monoisotopic (exact) mass is 438 g/mol. The lowest BCUT2D eigenvalue weighted by molar-refractivity contribution is -0.118. The van der Waals surface area contributed by atoms with E-state index in [0.717, 1.165) is 21.0 Å². The Bertz CT molecular complexity index is 1020. The number of amides is 1. The molecule has 2 rings (SSSR count). The molecule has 1 N–H and O–H groups in total. The van der Waals surface area contributed by atoms with Crippen molar-refractivity contribution in [2.75, 3.05) is 26.0 Å². The molecule has 0 saturated carbocycles. The minimum Gasteiger partial charge on any atom is -0.483 e. The predicted molar refractivity (Wildman–Crippen MR) is 116 cm³/mol. The summed E-state index contributed by atoms with van der Waals surface area (Å²) in [5.41, 5.74) is 2.96. The van der Waals surface area contributed by atoms with E-state index in [4.69, 9.17) is 16.3 Å². The average Bonchev–Trinajstić information content (AvgIpc) is 2.62. The van der Waals surface area contributed by atoms with E-state index in [1.807, 2.05) is 32.9 Å². The van der Waals surface area contributed by atoms with Crippen molar-refractivity contribution < 1.29 is 17.9 Å². The number of hydrogen-bond donors (Lipinski definition) is 1. The van der Waals surface area contributed by atoms with E-state index in [1.54, 1.807) is 13.0 Å². The zero-order valence-electron chi connectivity index (χ0n) is 17.5. The van der Waals surface area contributed by atoms with Crippen LogP contribution in [0.5, 0.6) is 5.75 Å². The van der Waals surface area contributed by atoms with Gasteiger partial charge in [0.1, 0.15) is 5.75 Å². The Morgan fingerprint density at radius 3 is 2.38 bits per heavy atom. The first-order valence-corrected chi connectivity index (χ1v) is 11.0. The zero-order valence-corrected chi connectivity index (χ0v) is 19.1. The minimum absolute atomic E-state index is 0.111. The molecule has 0 heterocycles. The number of nitrogens with one attached hydrogen (secondary N) is 1. The molecule has 0 bridgehead atoms. The summed E-state index contributed by atoms with van der Waals surface area (Å²) in [7, 11) is -0.673. The molecule has 2 aromatic rings. The lowest BCUT2D eigenvalue weighted by atomic mass is 10.0. The van der Waals surface area contributed by atoms with E-state index >= 15 is 0 Å². The predicted octanol–water partition coefficient (Wildman–Crippen LogP) is 4.35. The van der Waals surface area contributed by atoms with Gasteiger partial charge in [-0.25, -0.2) is 12.7 Å². The van der Waals surface area contributed by atoms with Gasteiger partial charge in [0, 0.05) is 24.8 Å². The van der Waals surface area contributed by atoms with Crippen LogP contribution in [0, 0.1) is 13.8 Å². The quantitative estimate of drug-likeness (QED) is 0.697. The molecule has 0 aliphatic heterocycles. The van der Waals surface area contributed by atoms with Crippen molar-refractivity contribution in [3.8, 4) is 5.75 Å².